The maximum Gasteiger partial charge on any atom is 0.253 e. The number of carbonyl (C=O) groups is 1. The zero-order chi connectivity index (χ0) is 22.7. The fourth-order valence-corrected chi connectivity index (χ4v) is 4.42. The van der Waals surface area contributed by atoms with Crippen molar-refractivity contribution in [1.29, 1.82) is 0 Å². The number of amides is 1. The van der Waals surface area contributed by atoms with Gasteiger partial charge >= 0.3 is 0 Å². The SMILES string of the molecule is Cc1cc(C(=O)NC(CN2CCN(C)CC2)c2ccccc2)c(C)n1-c1ccc(F)cc1. The van der Waals surface area contributed by atoms with Crippen LogP contribution in [0.5, 0.6) is 0 Å². The monoisotopic (exact) mass is 434 g/mol. The van der Waals surface area contributed by atoms with Gasteiger partial charge in [0.25, 0.3) is 5.91 Å². The molecule has 32 heavy (non-hydrogen) atoms. The first-order valence-corrected chi connectivity index (χ1v) is 11.1. The molecule has 1 fully saturated rings. The summed E-state index contributed by atoms with van der Waals surface area (Å²) in [5, 5.41) is 3.28. The minimum Gasteiger partial charge on any atom is -0.344 e. The summed E-state index contributed by atoms with van der Waals surface area (Å²) in [4.78, 5) is 18.1. The highest BCUT2D eigenvalue weighted by molar-refractivity contribution is 5.96. The van der Waals surface area contributed by atoms with Crippen molar-refractivity contribution in [3.63, 3.8) is 0 Å². The Hall–Kier alpha value is -2.96. The van der Waals surface area contributed by atoms with Gasteiger partial charge in [0.15, 0.2) is 0 Å². The number of aromatic nitrogens is 1. The molecule has 1 N–H and O–H groups in total. The number of likely N-dealkylation sites (N-methyl/N-ethyl adjacent to an activating group) is 1. The van der Waals surface area contributed by atoms with Crippen molar-refractivity contribution >= 4 is 5.91 Å². The van der Waals surface area contributed by atoms with Crippen LogP contribution in [0.2, 0.25) is 0 Å². The Bertz CT molecular complexity index is 1050. The van der Waals surface area contributed by atoms with Crippen LogP contribution >= 0.6 is 0 Å². The van der Waals surface area contributed by atoms with Crippen molar-refractivity contribution in [1.82, 2.24) is 19.7 Å². The van der Waals surface area contributed by atoms with Crippen molar-refractivity contribution in [3.05, 3.63) is 89.0 Å². The molecule has 6 heteroatoms. The number of halogens is 1. The van der Waals surface area contributed by atoms with E-state index in [0.29, 0.717) is 5.56 Å². The van der Waals surface area contributed by atoms with E-state index in [1.165, 1.54) is 12.1 Å². The van der Waals surface area contributed by atoms with Gasteiger partial charge in [-0.1, -0.05) is 30.3 Å². The Morgan fingerprint density at radius 1 is 1.00 bits per heavy atom. The molecule has 1 saturated heterocycles. The molecule has 4 rings (SSSR count). The lowest BCUT2D eigenvalue weighted by Crippen LogP contribution is -2.47. The highest BCUT2D eigenvalue weighted by atomic mass is 19.1. The summed E-state index contributed by atoms with van der Waals surface area (Å²) in [7, 11) is 2.14. The molecule has 0 bridgehead atoms. The summed E-state index contributed by atoms with van der Waals surface area (Å²) >= 11 is 0. The molecule has 1 atom stereocenters. The Balaban J connectivity index is 1.57. The van der Waals surface area contributed by atoms with Crippen LogP contribution in [0.4, 0.5) is 4.39 Å². The number of nitrogens with zero attached hydrogens (tertiary/aromatic N) is 3. The topological polar surface area (TPSA) is 40.5 Å². The minimum absolute atomic E-state index is 0.0885. The van der Waals surface area contributed by atoms with Crippen LogP contribution < -0.4 is 5.32 Å². The van der Waals surface area contributed by atoms with Gasteiger partial charge in [0, 0.05) is 49.8 Å². The Morgan fingerprint density at radius 3 is 2.31 bits per heavy atom. The maximum atomic E-state index is 13.4. The summed E-state index contributed by atoms with van der Waals surface area (Å²) in [5.41, 5.74) is 4.38. The molecule has 1 aromatic heterocycles. The quantitative estimate of drug-likeness (QED) is 0.639. The predicted molar refractivity (Wildman–Crippen MR) is 126 cm³/mol. The smallest absolute Gasteiger partial charge is 0.253 e. The number of rotatable bonds is 6. The number of hydrogen-bond acceptors (Lipinski definition) is 3. The van der Waals surface area contributed by atoms with E-state index < -0.39 is 0 Å². The molecule has 0 radical (unpaired) electrons. The average Bonchev–Trinajstić information content (AvgIpc) is 3.10. The van der Waals surface area contributed by atoms with Gasteiger partial charge in [-0.3, -0.25) is 9.69 Å². The van der Waals surface area contributed by atoms with E-state index >= 15 is 0 Å². The third-order valence-electron chi connectivity index (χ3n) is 6.30. The van der Waals surface area contributed by atoms with Crippen molar-refractivity contribution < 1.29 is 9.18 Å². The van der Waals surface area contributed by atoms with E-state index in [9.17, 15) is 9.18 Å². The molecule has 1 aliphatic rings. The lowest BCUT2D eigenvalue weighted by Gasteiger charge is -2.35. The van der Waals surface area contributed by atoms with E-state index in [0.717, 1.165) is 55.4 Å². The summed E-state index contributed by atoms with van der Waals surface area (Å²) in [5.74, 6) is -0.363. The zero-order valence-electron chi connectivity index (χ0n) is 19.0. The number of benzene rings is 2. The molecule has 1 amide bonds. The number of aryl methyl sites for hydroxylation is 1. The van der Waals surface area contributed by atoms with Gasteiger partial charge in [-0.2, -0.15) is 0 Å². The van der Waals surface area contributed by atoms with Gasteiger partial charge in [0.1, 0.15) is 5.82 Å². The Kier molecular flexibility index (Phi) is 6.72. The predicted octanol–water partition coefficient (Wildman–Crippen LogP) is 3.95. The third-order valence-corrected chi connectivity index (χ3v) is 6.30. The number of piperazine rings is 1. The lowest BCUT2D eigenvalue weighted by molar-refractivity contribution is 0.0906. The van der Waals surface area contributed by atoms with Crippen LogP contribution in [0.15, 0.2) is 60.7 Å². The summed E-state index contributed by atoms with van der Waals surface area (Å²) in [6.45, 7) is 8.74. The first-order valence-electron chi connectivity index (χ1n) is 11.1. The largest absolute Gasteiger partial charge is 0.344 e. The third kappa shape index (κ3) is 4.92. The van der Waals surface area contributed by atoms with Crippen LogP contribution in [-0.4, -0.2) is 60.0 Å². The van der Waals surface area contributed by atoms with E-state index in [1.54, 1.807) is 12.1 Å². The molecule has 5 nitrogen and oxygen atoms in total. The molecule has 168 valence electrons. The fourth-order valence-electron chi connectivity index (χ4n) is 4.42. The molecular formula is C26H31FN4O. The first-order chi connectivity index (χ1) is 15.4. The second kappa shape index (κ2) is 9.67. The first kappa shape index (κ1) is 22.2. The second-order valence-corrected chi connectivity index (χ2v) is 8.64. The lowest BCUT2D eigenvalue weighted by atomic mass is 10.0. The van der Waals surface area contributed by atoms with Gasteiger partial charge in [0.05, 0.1) is 11.6 Å². The van der Waals surface area contributed by atoms with Crippen LogP contribution in [0, 0.1) is 19.7 Å². The maximum absolute atomic E-state index is 13.4. The minimum atomic E-state index is -0.274. The standard InChI is InChI=1S/C26H31FN4O/c1-19-17-24(20(2)31(19)23-11-9-22(27)10-12-23)26(32)28-25(21-7-5-4-6-8-21)18-30-15-13-29(3)14-16-30/h4-12,17,25H,13-16,18H2,1-3H3,(H,28,32). The molecule has 0 saturated carbocycles. The second-order valence-electron chi connectivity index (χ2n) is 8.64. The van der Waals surface area contributed by atoms with Crippen LogP contribution in [0.25, 0.3) is 5.69 Å². The van der Waals surface area contributed by atoms with E-state index in [1.807, 2.05) is 42.7 Å². The molecule has 2 aromatic carbocycles. The van der Waals surface area contributed by atoms with Crippen molar-refractivity contribution in [3.8, 4) is 5.69 Å². The molecule has 2 heterocycles. The molecule has 1 aliphatic heterocycles. The molecule has 0 aliphatic carbocycles. The highest BCUT2D eigenvalue weighted by Gasteiger charge is 2.24. The number of nitrogens with one attached hydrogen (secondary N) is 1. The summed E-state index contributed by atoms with van der Waals surface area (Å²) < 4.78 is 15.4. The van der Waals surface area contributed by atoms with Gasteiger partial charge in [-0.25, -0.2) is 4.39 Å². The number of carbonyl (C=O) groups excluding carboxylic acids is 1. The zero-order valence-corrected chi connectivity index (χ0v) is 19.0. The normalized spacial score (nSPS) is 16.1. The fraction of sp³-hybridized carbons (Fsp3) is 0.346. The highest BCUT2D eigenvalue weighted by Crippen LogP contribution is 2.23. The van der Waals surface area contributed by atoms with Crippen molar-refractivity contribution in [2.75, 3.05) is 39.8 Å². The molecule has 1 unspecified atom stereocenters. The average molecular weight is 435 g/mol. The van der Waals surface area contributed by atoms with Gasteiger partial charge < -0.3 is 14.8 Å². The van der Waals surface area contributed by atoms with E-state index in [4.69, 9.17) is 0 Å². The van der Waals surface area contributed by atoms with E-state index in [-0.39, 0.29) is 17.8 Å². The van der Waals surface area contributed by atoms with Crippen LogP contribution in [0.3, 0.4) is 0 Å². The molecular weight excluding hydrogens is 403 g/mol. The van der Waals surface area contributed by atoms with E-state index in [2.05, 4.69) is 34.3 Å². The van der Waals surface area contributed by atoms with Crippen LogP contribution in [-0.2, 0) is 0 Å². The van der Waals surface area contributed by atoms with Crippen molar-refractivity contribution in [2.45, 2.75) is 19.9 Å². The van der Waals surface area contributed by atoms with Crippen molar-refractivity contribution in [2.24, 2.45) is 0 Å². The van der Waals surface area contributed by atoms with Gasteiger partial charge in [-0.15, -0.1) is 0 Å². The van der Waals surface area contributed by atoms with Crippen LogP contribution in [0.1, 0.15) is 33.4 Å². The summed E-state index contributed by atoms with van der Waals surface area (Å²) in [6.07, 6.45) is 0. The Morgan fingerprint density at radius 2 is 1.66 bits per heavy atom. The molecule has 0 spiro atoms. The summed E-state index contributed by atoms with van der Waals surface area (Å²) in [6, 6.07) is 18.3. The molecule has 3 aromatic rings. The Labute approximate surface area is 189 Å². The number of hydrogen-bond donors (Lipinski definition) is 1. The van der Waals surface area contributed by atoms with Gasteiger partial charge in [0.2, 0.25) is 0 Å². The van der Waals surface area contributed by atoms with Gasteiger partial charge in [-0.05, 0) is 56.8 Å².